The predicted molar refractivity (Wildman–Crippen MR) is 104 cm³/mol. The third-order valence-electron chi connectivity index (χ3n) is 4.61. The second kappa shape index (κ2) is 8.50. The molecule has 3 rings (SSSR count). The van der Waals surface area contributed by atoms with Crippen LogP contribution in [0, 0.1) is 5.92 Å². The Morgan fingerprint density at radius 2 is 1.92 bits per heavy atom. The SMILES string of the molecule is COc1ccc(NC(=O)C2CCN(Cc3cccc(Br)c3)CC2)cc1. The molecule has 0 spiro atoms. The number of piperidine rings is 1. The molecule has 1 N–H and O–H groups in total. The number of rotatable bonds is 5. The molecule has 0 bridgehead atoms. The number of benzene rings is 2. The van der Waals surface area contributed by atoms with E-state index in [0.29, 0.717) is 0 Å². The summed E-state index contributed by atoms with van der Waals surface area (Å²) in [6, 6.07) is 15.9. The Labute approximate surface area is 157 Å². The third kappa shape index (κ3) is 5.06. The summed E-state index contributed by atoms with van der Waals surface area (Å²) < 4.78 is 6.25. The first-order valence-electron chi connectivity index (χ1n) is 8.56. The van der Waals surface area contributed by atoms with Crippen LogP contribution in [0.4, 0.5) is 5.69 Å². The highest BCUT2D eigenvalue weighted by molar-refractivity contribution is 9.10. The van der Waals surface area contributed by atoms with E-state index >= 15 is 0 Å². The summed E-state index contributed by atoms with van der Waals surface area (Å²) in [5.74, 6) is 0.993. The second-order valence-corrected chi connectivity index (χ2v) is 7.31. The lowest BCUT2D eigenvalue weighted by molar-refractivity contribution is -0.121. The molecule has 0 unspecified atom stereocenters. The Morgan fingerprint density at radius 1 is 1.20 bits per heavy atom. The van der Waals surface area contributed by atoms with Crippen molar-refractivity contribution in [2.75, 3.05) is 25.5 Å². The van der Waals surface area contributed by atoms with Gasteiger partial charge >= 0.3 is 0 Å². The van der Waals surface area contributed by atoms with Gasteiger partial charge in [0.2, 0.25) is 5.91 Å². The van der Waals surface area contributed by atoms with E-state index in [2.05, 4.69) is 44.3 Å². The van der Waals surface area contributed by atoms with Crippen LogP contribution in [0.2, 0.25) is 0 Å². The molecule has 132 valence electrons. The Hall–Kier alpha value is -1.85. The first-order valence-corrected chi connectivity index (χ1v) is 9.35. The molecule has 1 heterocycles. The highest BCUT2D eigenvalue weighted by Crippen LogP contribution is 2.22. The van der Waals surface area contributed by atoms with Gasteiger partial charge in [-0.3, -0.25) is 9.69 Å². The van der Waals surface area contributed by atoms with Crippen LogP contribution in [0.5, 0.6) is 5.75 Å². The smallest absolute Gasteiger partial charge is 0.227 e. The Bertz CT molecular complexity index is 710. The maximum Gasteiger partial charge on any atom is 0.227 e. The minimum atomic E-state index is 0.0841. The first-order chi connectivity index (χ1) is 12.1. The predicted octanol–water partition coefficient (Wildman–Crippen LogP) is 4.31. The van der Waals surface area contributed by atoms with Crippen LogP contribution in [-0.2, 0) is 11.3 Å². The summed E-state index contributed by atoms with van der Waals surface area (Å²) in [6.07, 6.45) is 1.80. The summed E-state index contributed by atoms with van der Waals surface area (Å²) in [5.41, 5.74) is 2.12. The number of nitrogens with one attached hydrogen (secondary N) is 1. The lowest BCUT2D eigenvalue weighted by Gasteiger charge is -2.31. The molecule has 0 aliphatic carbocycles. The molecule has 0 atom stereocenters. The zero-order valence-electron chi connectivity index (χ0n) is 14.4. The average molecular weight is 403 g/mol. The lowest BCUT2D eigenvalue weighted by Crippen LogP contribution is -2.37. The van der Waals surface area contributed by atoms with E-state index in [0.717, 1.165) is 48.4 Å². The van der Waals surface area contributed by atoms with Crippen LogP contribution in [-0.4, -0.2) is 31.0 Å². The number of ether oxygens (including phenoxy) is 1. The maximum atomic E-state index is 12.5. The van der Waals surface area contributed by atoms with Crippen LogP contribution >= 0.6 is 15.9 Å². The Kier molecular flexibility index (Phi) is 6.10. The van der Waals surface area contributed by atoms with E-state index in [-0.39, 0.29) is 11.8 Å². The molecule has 1 fully saturated rings. The molecular formula is C20H23BrN2O2. The van der Waals surface area contributed by atoms with Crippen LogP contribution in [0.25, 0.3) is 0 Å². The standard InChI is InChI=1S/C20H23BrN2O2/c1-25-19-7-5-18(6-8-19)22-20(24)16-9-11-23(12-10-16)14-15-3-2-4-17(21)13-15/h2-8,13,16H,9-12,14H2,1H3,(H,22,24). The van der Waals surface area contributed by atoms with Crippen LogP contribution < -0.4 is 10.1 Å². The minimum Gasteiger partial charge on any atom is -0.497 e. The number of hydrogen-bond donors (Lipinski definition) is 1. The number of hydrogen-bond acceptors (Lipinski definition) is 3. The molecule has 0 radical (unpaired) electrons. The van der Waals surface area contributed by atoms with E-state index in [1.165, 1.54) is 5.56 Å². The molecule has 0 saturated carbocycles. The van der Waals surface area contributed by atoms with Crippen LogP contribution in [0.15, 0.2) is 53.0 Å². The van der Waals surface area contributed by atoms with Gasteiger partial charge in [-0.05, 0) is 67.9 Å². The van der Waals surface area contributed by atoms with Crippen molar-refractivity contribution in [2.45, 2.75) is 19.4 Å². The van der Waals surface area contributed by atoms with E-state index in [1.54, 1.807) is 7.11 Å². The zero-order chi connectivity index (χ0) is 17.6. The van der Waals surface area contributed by atoms with Crippen LogP contribution in [0.1, 0.15) is 18.4 Å². The van der Waals surface area contributed by atoms with Crippen molar-refractivity contribution < 1.29 is 9.53 Å². The normalized spacial score (nSPS) is 15.8. The van der Waals surface area contributed by atoms with Gasteiger partial charge in [-0.1, -0.05) is 28.1 Å². The van der Waals surface area contributed by atoms with Crippen LogP contribution in [0.3, 0.4) is 0 Å². The molecular weight excluding hydrogens is 380 g/mol. The zero-order valence-corrected chi connectivity index (χ0v) is 16.0. The molecule has 1 saturated heterocycles. The molecule has 4 nitrogen and oxygen atoms in total. The molecule has 2 aromatic carbocycles. The van der Waals surface area contributed by atoms with Crippen molar-refractivity contribution in [3.63, 3.8) is 0 Å². The fourth-order valence-electron chi connectivity index (χ4n) is 3.17. The number of carbonyl (C=O) groups excluding carboxylic acids is 1. The van der Waals surface area contributed by atoms with Gasteiger partial charge in [0, 0.05) is 22.6 Å². The molecule has 0 aromatic heterocycles. The van der Waals surface area contributed by atoms with E-state index < -0.39 is 0 Å². The van der Waals surface area contributed by atoms with Gasteiger partial charge in [-0.2, -0.15) is 0 Å². The molecule has 1 aliphatic rings. The highest BCUT2D eigenvalue weighted by atomic mass is 79.9. The minimum absolute atomic E-state index is 0.0841. The summed E-state index contributed by atoms with van der Waals surface area (Å²) >= 11 is 3.52. The van der Waals surface area contributed by atoms with Crippen molar-refractivity contribution in [2.24, 2.45) is 5.92 Å². The van der Waals surface area contributed by atoms with E-state index in [1.807, 2.05) is 30.3 Å². The third-order valence-corrected chi connectivity index (χ3v) is 5.10. The van der Waals surface area contributed by atoms with Gasteiger partial charge in [0.1, 0.15) is 5.75 Å². The molecule has 2 aromatic rings. The fourth-order valence-corrected chi connectivity index (χ4v) is 3.61. The number of halogens is 1. The van der Waals surface area contributed by atoms with Gasteiger partial charge in [0.15, 0.2) is 0 Å². The summed E-state index contributed by atoms with van der Waals surface area (Å²) in [6.45, 7) is 2.84. The summed E-state index contributed by atoms with van der Waals surface area (Å²) in [5, 5.41) is 3.02. The van der Waals surface area contributed by atoms with Crippen molar-refractivity contribution in [1.82, 2.24) is 4.90 Å². The van der Waals surface area contributed by atoms with E-state index in [4.69, 9.17) is 4.74 Å². The topological polar surface area (TPSA) is 41.6 Å². The Morgan fingerprint density at radius 3 is 2.56 bits per heavy atom. The molecule has 25 heavy (non-hydrogen) atoms. The van der Waals surface area contributed by atoms with Gasteiger partial charge in [0.25, 0.3) is 0 Å². The number of amides is 1. The lowest BCUT2D eigenvalue weighted by atomic mass is 9.95. The maximum absolute atomic E-state index is 12.5. The number of methoxy groups -OCH3 is 1. The molecule has 1 aliphatic heterocycles. The van der Waals surface area contributed by atoms with Crippen molar-refractivity contribution >= 4 is 27.5 Å². The Balaban J connectivity index is 1.48. The van der Waals surface area contributed by atoms with Gasteiger partial charge in [0.05, 0.1) is 7.11 Å². The van der Waals surface area contributed by atoms with E-state index in [9.17, 15) is 4.79 Å². The van der Waals surface area contributed by atoms with Gasteiger partial charge < -0.3 is 10.1 Å². The summed E-state index contributed by atoms with van der Waals surface area (Å²) in [7, 11) is 1.63. The first kappa shape index (κ1) is 18.0. The van der Waals surface area contributed by atoms with Crippen molar-refractivity contribution in [1.29, 1.82) is 0 Å². The van der Waals surface area contributed by atoms with Crippen molar-refractivity contribution in [3.05, 3.63) is 58.6 Å². The largest absolute Gasteiger partial charge is 0.497 e. The average Bonchev–Trinajstić information content (AvgIpc) is 2.63. The monoisotopic (exact) mass is 402 g/mol. The summed E-state index contributed by atoms with van der Waals surface area (Å²) in [4.78, 5) is 14.9. The quantitative estimate of drug-likeness (QED) is 0.809. The van der Waals surface area contributed by atoms with Gasteiger partial charge in [-0.25, -0.2) is 0 Å². The number of anilines is 1. The fraction of sp³-hybridized carbons (Fsp3) is 0.350. The highest BCUT2D eigenvalue weighted by Gasteiger charge is 2.25. The molecule has 1 amide bonds. The number of nitrogens with zero attached hydrogens (tertiary/aromatic N) is 1. The van der Waals surface area contributed by atoms with Gasteiger partial charge in [-0.15, -0.1) is 0 Å². The van der Waals surface area contributed by atoms with Crippen molar-refractivity contribution in [3.8, 4) is 5.75 Å². The number of carbonyl (C=O) groups is 1. The number of likely N-dealkylation sites (tertiary alicyclic amines) is 1. The second-order valence-electron chi connectivity index (χ2n) is 6.40. The molecule has 5 heteroatoms.